The number of aromatic nitrogens is 10. The van der Waals surface area contributed by atoms with E-state index in [0.29, 0.717) is 40.7 Å². The minimum Gasteiger partial charge on any atom is -0.352 e. The predicted octanol–water partition coefficient (Wildman–Crippen LogP) is 7.41. The quantitative estimate of drug-likeness (QED) is 0.0626. The molecule has 8 heterocycles. The second kappa shape index (κ2) is 22.4. The fourth-order valence-corrected chi connectivity index (χ4v) is 11.8. The van der Waals surface area contributed by atoms with Crippen LogP contribution in [0.4, 0.5) is 11.6 Å². The maximum absolute atomic E-state index is 14.6. The van der Waals surface area contributed by atoms with Gasteiger partial charge in [0.1, 0.15) is 43.5 Å². The molecule has 3 saturated heterocycles. The van der Waals surface area contributed by atoms with Gasteiger partial charge in [-0.1, -0.05) is 63.4 Å². The van der Waals surface area contributed by atoms with Crippen molar-refractivity contribution in [2.24, 2.45) is 5.92 Å². The van der Waals surface area contributed by atoms with E-state index in [0.717, 1.165) is 11.6 Å². The first-order chi connectivity index (χ1) is 37.1. The molecule has 77 heavy (non-hydrogen) atoms. The number of ether oxygens (including phenoxy) is 3. The van der Waals surface area contributed by atoms with E-state index in [9.17, 15) is 28.3 Å². The van der Waals surface area contributed by atoms with Gasteiger partial charge in [-0.05, 0) is 49.9 Å². The van der Waals surface area contributed by atoms with Crippen molar-refractivity contribution in [2.45, 2.75) is 95.7 Å². The standard InChI is InChI=1S/C50H54N12O13P2/c1-6-33-34(20-39(71-33)61-27-55-41-43(51-25-53-45(41)61)57-48(64)31-15-11-9-12-16-31)74-77(68,8-3)70-24-37-35(75-76(67,7-2)69-23-36-29(4)19-38(72-36)60-22-30(5)47(63)59-50(60)66)21-40(73-37)62-28-56-42-44(52-26-54-46(42)62)58-49(65)32-17-13-10-14-18-32/h7-18,22,25-29,33-40H,2-3,6,19-21,23-24H2,1,4-5H3,(H,59,63,66)(H,51,53,57,64)(H,52,54,58,65). The average Bonchev–Trinajstić information content (AvgIpc) is 4.30. The number of nitrogens with one attached hydrogen (secondary N) is 3. The highest BCUT2D eigenvalue weighted by atomic mass is 31.2. The van der Waals surface area contributed by atoms with Crippen LogP contribution in [0, 0.1) is 12.8 Å². The van der Waals surface area contributed by atoms with Crippen LogP contribution in [-0.4, -0.2) is 104 Å². The number of anilines is 2. The van der Waals surface area contributed by atoms with Gasteiger partial charge in [0.2, 0.25) is 0 Å². The van der Waals surface area contributed by atoms with Gasteiger partial charge >= 0.3 is 20.9 Å². The Morgan fingerprint density at radius 2 is 1.16 bits per heavy atom. The Labute approximate surface area is 439 Å². The van der Waals surface area contributed by atoms with E-state index in [1.165, 1.54) is 36.1 Å². The van der Waals surface area contributed by atoms with E-state index < -0.39 is 88.2 Å². The zero-order valence-electron chi connectivity index (χ0n) is 41.9. The molecule has 0 radical (unpaired) electrons. The lowest BCUT2D eigenvalue weighted by atomic mass is 10.0. The second-order valence-corrected chi connectivity index (χ2v) is 22.3. The molecular formula is C50H54N12O13P2. The van der Waals surface area contributed by atoms with Crippen LogP contribution in [0.3, 0.4) is 0 Å². The molecule has 2 amide bonds. The number of carbonyl (C=O) groups is 2. The molecule has 0 saturated carbocycles. The number of carbonyl (C=O) groups excluding carboxylic acids is 2. The van der Waals surface area contributed by atoms with Gasteiger partial charge in [-0.15, -0.1) is 0 Å². The Morgan fingerprint density at radius 1 is 0.688 bits per heavy atom. The number of H-pyrrole nitrogens is 1. The van der Waals surface area contributed by atoms with Crippen LogP contribution in [0.1, 0.15) is 84.5 Å². The van der Waals surface area contributed by atoms with Gasteiger partial charge in [-0.3, -0.25) is 51.2 Å². The molecule has 11 unspecified atom stereocenters. The Balaban J connectivity index is 0.860. The molecule has 11 atom stereocenters. The third kappa shape index (κ3) is 11.3. The maximum atomic E-state index is 14.6. The third-order valence-corrected chi connectivity index (χ3v) is 16.5. The average molecular weight is 1090 g/mol. The number of aromatic amines is 1. The van der Waals surface area contributed by atoms with Gasteiger partial charge in [0.25, 0.3) is 17.4 Å². The van der Waals surface area contributed by atoms with Crippen molar-refractivity contribution >= 4 is 61.0 Å². The highest BCUT2D eigenvalue weighted by Crippen LogP contribution is 2.56. The minimum absolute atomic E-state index is 0.00135. The number of rotatable bonds is 20. The van der Waals surface area contributed by atoms with Gasteiger partial charge in [0.05, 0.1) is 44.2 Å². The number of hydrogen-bond acceptors (Lipinski definition) is 19. The van der Waals surface area contributed by atoms with E-state index >= 15 is 0 Å². The summed E-state index contributed by atoms with van der Waals surface area (Å²) in [5, 5.41) is 5.59. The van der Waals surface area contributed by atoms with Crippen LogP contribution in [0.25, 0.3) is 22.3 Å². The number of hydrogen-bond donors (Lipinski definition) is 3. The lowest BCUT2D eigenvalue weighted by Crippen LogP contribution is -2.33. The topological polar surface area (TPSA) is 299 Å². The molecule has 3 aliphatic rings. The van der Waals surface area contributed by atoms with Gasteiger partial charge in [-0.2, -0.15) is 0 Å². The van der Waals surface area contributed by atoms with Crippen molar-refractivity contribution < 1.29 is 51.0 Å². The fourth-order valence-electron chi connectivity index (χ4n) is 9.35. The Hall–Kier alpha value is -7.18. The molecule has 3 N–H and O–H groups in total. The molecule has 5 aromatic heterocycles. The molecule has 0 bridgehead atoms. The van der Waals surface area contributed by atoms with E-state index in [1.54, 1.807) is 70.7 Å². The summed E-state index contributed by atoms with van der Waals surface area (Å²) in [7, 11) is -8.40. The summed E-state index contributed by atoms with van der Waals surface area (Å²) in [6, 6.07) is 17.2. The van der Waals surface area contributed by atoms with Crippen LogP contribution in [0.15, 0.2) is 127 Å². The summed E-state index contributed by atoms with van der Waals surface area (Å²) in [5.74, 6) is 1.51. The molecule has 27 heteroatoms. The van der Waals surface area contributed by atoms with Crippen LogP contribution >= 0.6 is 15.2 Å². The lowest BCUT2D eigenvalue weighted by molar-refractivity contribution is -0.0451. The molecule has 3 fully saturated rings. The molecule has 2 aromatic carbocycles. The smallest absolute Gasteiger partial charge is 0.352 e. The second-order valence-electron chi connectivity index (χ2n) is 18.5. The van der Waals surface area contributed by atoms with E-state index in [1.807, 2.05) is 19.9 Å². The van der Waals surface area contributed by atoms with Crippen LogP contribution in [0.5, 0.6) is 0 Å². The minimum atomic E-state index is -4.21. The summed E-state index contributed by atoms with van der Waals surface area (Å²) in [6.45, 7) is 12.3. The summed E-state index contributed by atoms with van der Waals surface area (Å²) in [6.07, 6.45) is 1.46. The zero-order chi connectivity index (χ0) is 54.0. The van der Waals surface area contributed by atoms with Crippen molar-refractivity contribution in [1.82, 2.24) is 48.6 Å². The Kier molecular flexibility index (Phi) is 15.5. The summed E-state index contributed by atoms with van der Waals surface area (Å²) in [5.41, 5.74) is 1.26. The molecule has 402 valence electrons. The largest absolute Gasteiger partial charge is 0.354 e. The molecule has 0 aliphatic carbocycles. The number of nitrogens with zero attached hydrogens (tertiary/aromatic N) is 9. The first kappa shape index (κ1) is 53.2. The molecule has 10 rings (SSSR count). The van der Waals surface area contributed by atoms with Crippen LogP contribution < -0.4 is 21.9 Å². The molecule has 3 aliphatic heterocycles. The first-order valence-corrected chi connectivity index (χ1v) is 27.9. The van der Waals surface area contributed by atoms with Gasteiger partial charge in [0.15, 0.2) is 34.0 Å². The number of aryl methyl sites for hydroxylation is 1. The number of imidazole rings is 2. The normalized spacial score (nSPS) is 24.8. The zero-order valence-corrected chi connectivity index (χ0v) is 43.7. The van der Waals surface area contributed by atoms with Crippen molar-refractivity contribution in [3.05, 3.63) is 154 Å². The van der Waals surface area contributed by atoms with E-state index in [-0.39, 0.29) is 54.1 Å². The summed E-state index contributed by atoms with van der Waals surface area (Å²) >= 11 is 0. The van der Waals surface area contributed by atoms with Crippen molar-refractivity contribution in [1.29, 1.82) is 0 Å². The molecule has 7 aromatic rings. The fraction of sp³-hybridized carbons (Fsp3) is 0.360. The number of benzene rings is 2. The van der Waals surface area contributed by atoms with Crippen molar-refractivity contribution in [2.75, 3.05) is 23.8 Å². The van der Waals surface area contributed by atoms with Gasteiger partial charge in [0, 0.05) is 47.4 Å². The monoisotopic (exact) mass is 1090 g/mol. The Bertz CT molecular complexity index is 3560. The van der Waals surface area contributed by atoms with Gasteiger partial charge in [-0.25, -0.2) is 34.7 Å². The van der Waals surface area contributed by atoms with Crippen LogP contribution in [-0.2, 0) is 41.4 Å². The van der Waals surface area contributed by atoms with E-state index in [2.05, 4.69) is 58.7 Å². The molecule has 0 spiro atoms. The SMILES string of the molecule is C=CP(=O)(OCC1OC(n2cnc3c(NC(=O)c4ccccc4)ncnc32)CC1OP(=O)(C=C)OCC1OC(n2cc(C)c(=O)[nH]c2=O)CC1C)OC1CC(n2cnc3c(NC(=O)c4ccccc4)ncnc32)OC1CC. The highest BCUT2D eigenvalue weighted by Gasteiger charge is 2.46. The molecule has 25 nitrogen and oxygen atoms in total. The maximum Gasteiger partial charge on any atom is 0.354 e. The predicted molar refractivity (Wildman–Crippen MR) is 278 cm³/mol. The summed E-state index contributed by atoms with van der Waals surface area (Å²) in [4.78, 5) is 79.6. The molecular weight excluding hydrogens is 1040 g/mol. The van der Waals surface area contributed by atoms with E-state index in [4.69, 9.17) is 32.3 Å². The third-order valence-electron chi connectivity index (χ3n) is 13.5. The van der Waals surface area contributed by atoms with Crippen molar-refractivity contribution in [3.63, 3.8) is 0 Å². The summed E-state index contributed by atoms with van der Waals surface area (Å²) < 4.78 is 77.7. The first-order valence-electron chi connectivity index (χ1n) is 24.6. The van der Waals surface area contributed by atoms with Gasteiger partial charge < -0.3 is 33.9 Å². The lowest BCUT2D eigenvalue weighted by Gasteiger charge is -2.26. The van der Waals surface area contributed by atoms with Crippen molar-refractivity contribution in [3.8, 4) is 0 Å². The van der Waals surface area contributed by atoms with Crippen LogP contribution in [0.2, 0.25) is 0 Å². The Morgan fingerprint density at radius 3 is 1.66 bits per heavy atom. The number of fused-ring (bicyclic) bond motifs is 2. The number of amides is 2. The highest BCUT2D eigenvalue weighted by molar-refractivity contribution is 7.57.